The SMILES string of the molecule is CC(N)c1nnnn1-c1c(F)cccc1Cl. The molecule has 0 radical (unpaired) electrons. The highest BCUT2D eigenvalue weighted by atomic mass is 35.5. The smallest absolute Gasteiger partial charge is 0.173 e. The number of nitrogens with zero attached hydrogens (tertiary/aromatic N) is 4. The van der Waals surface area contributed by atoms with Gasteiger partial charge in [-0.15, -0.1) is 5.10 Å². The zero-order chi connectivity index (χ0) is 11.7. The van der Waals surface area contributed by atoms with Gasteiger partial charge in [-0.1, -0.05) is 17.7 Å². The van der Waals surface area contributed by atoms with E-state index < -0.39 is 11.9 Å². The van der Waals surface area contributed by atoms with Gasteiger partial charge in [0, 0.05) is 0 Å². The largest absolute Gasteiger partial charge is 0.321 e. The molecule has 0 aliphatic carbocycles. The fraction of sp³-hybridized carbons (Fsp3) is 0.222. The van der Waals surface area contributed by atoms with E-state index in [9.17, 15) is 4.39 Å². The van der Waals surface area contributed by atoms with Crippen LogP contribution in [-0.4, -0.2) is 20.2 Å². The van der Waals surface area contributed by atoms with E-state index >= 15 is 0 Å². The van der Waals surface area contributed by atoms with E-state index in [0.717, 1.165) is 0 Å². The third-order valence-corrected chi connectivity index (χ3v) is 2.36. The van der Waals surface area contributed by atoms with Crippen molar-refractivity contribution >= 4 is 11.6 Å². The van der Waals surface area contributed by atoms with Crippen LogP contribution in [0.15, 0.2) is 18.2 Å². The summed E-state index contributed by atoms with van der Waals surface area (Å²) in [6.07, 6.45) is 0. The molecule has 1 aromatic carbocycles. The Morgan fingerprint density at radius 2 is 2.25 bits per heavy atom. The number of benzene rings is 1. The van der Waals surface area contributed by atoms with Gasteiger partial charge < -0.3 is 5.73 Å². The standard InChI is InChI=1S/C9H9ClFN5/c1-5(12)9-13-14-15-16(9)8-6(10)3-2-4-7(8)11/h2-5H,12H2,1H3. The normalized spacial score (nSPS) is 12.8. The first-order chi connectivity index (χ1) is 7.61. The minimum Gasteiger partial charge on any atom is -0.321 e. The number of aromatic nitrogens is 4. The fourth-order valence-electron chi connectivity index (χ4n) is 1.33. The van der Waals surface area contributed by atoms with Crippen LogP contribution in [0.4, 0.5) is 4.39 Å². The average molecular weight is 242 g/mol. The second kappa shape index (κ2) is 4.15. The van der Waals surface area contributed by atoms with Gasteiger partial charge in [-0.3, -0.25) is 0 Å². The molecular formula is C9H9ClFN5. The Kier molecular flexibility index (Phi) is 2.84. The first kappa shape index (κ1) is 11.0. The summed E-state index contributed by atoms with van der Waals surface area (Å²) in [7, 11) is 0. The first-order valence-corrected chi connectivity index (χ1v) is 4.97. The zero-order valence-electron chi connectivity index (χ0n) is 8.43. The van der Waals surface area contributed by atoms with E-state index in [4.69, 9.17) is 17.3 Å². The summed E-state index contributed by atoms with van der Waals surface area (Å²) in [5.74, 6) is -0.145. The summed E-state index contributed by atoms with van der Waals surface area (Å²) >= 11 is 5.90. The van der Waals surface area contributed by atoms with Crippen molar-refractivity contribution < 1.29 is 4.39 Å². The third kappa shape index (κ3) is 1.77. The first-order valence-electron chi connectivity index (χ1n) is 4.59. The molecular weight excluding hydrogens is 233 g/mol. The van der Waals surface area contributed by atoms with Gasteiger partial charge in [-0.05, 0) is 29.5 Å². The second-order valence-corrected chi connectivity index (χ2v) is 3.72. The Labute approximate surface area is 96.0 Å². The highest BCUT2D eigenvalue weighted by molar-refractivity contribution is 6.32. The molecule has 1 heterocycles. The van der Waals surface area contributed by atoms with Crippen molar-refractivity contribution in [1.29, 1.82) is 0 Å². The maximum atomic E-state index is 13.6. The van der Waals surface area contributed by atoms with Gasteiger partial charge in [-0.2, -0.15) is 4.68 Å². The van der Waals surface area contributed by atoms with E-state index in [2.05, 4.69) is 15.5 Å². The van der Waals surface area contributed by atoms with Crippen molar-refractivity contribution in [2.45, 2.75) is 13.0 Å². The molecule has 0 amide bonds. The molecule has 0 saturated carbocycles. The van der Waals surface area contributed by atoms with Crippen LogP contribution in [0.5, 0.6) is 0 Å². The van der Waals surface area contributed by atoms with Crippen molar-refractivity contribution in [3.8, 4) is 5.69 Å². The molecule has 0 fully saturated rings. The molecule has 16 heavy (non-hydrogen) atoms. The Balaban J connectivity index is 2.63. The monoisotopic (exact) mass is 241 g/mol. The van der Waals surface area contributed by atoms with E-state index in [0.29, 0.717) is 5.82 Å². The van der Waals surface area contributed by atoms with Crippen LogP contribution in [0, 0.1) is 5.82 Å². The van der Waals surface area contributed by atoms with Crippen LogP contribution >= 0.6 is 11.6 Å². The van der Waals surface area contributed by atoms with E-state index in [1.807, 2.05) is 0 Å². The van der Waals surface area contributed by atoms with Gasteiger partial charge in [0.05, 0.1) is 11.1 Å². The van der Waals surface area contributed by atoms with E-state index in [1.165, 1.54) is 16.8 Å². The quantitative estimate of drug-likeness (QED) is 0.865. The van der Waals surface area contributed by atoms with Gasteiger partial charge in [-0.25, -0.2) is 4.39 Å². The fourth-order valence-corrected chi connectivity index (χ4v) is 1.57. The Morgan fingerprint density at radius 1 is 1.50 bits per heavy atom. The summed E-state index contributed by atoms with van der Waals surface area (Å²) in [6.45, 7) is 1.71. The van der Waals surface area contributed by atoms with Crippen molar-refractivity contribution in [3.63, 3.8) is 0 Å². The molecule has 2 aromatic rings. The number of hydrogen-bond acceptors (Lipinski definition) is 4. The van der Waals surface area contributed by atoms with Gasteiger partial charge in [0.15, 0.2) is 11.6 Å². The van der Waals surface area contributed by atoms with Crippen LogP contribution in [0.2, 0.25) is 5.02 Å². The third-order valence-electron chi connectivity index (χ3n) is 2.05. The lowest BCUT2D eigenvalue weighted by atomic mass is 10.3. The summed E-state index contributed by atoms with van der Waals surface area (Å²) in [4.78, 5) is 0. The molecule has 0 aliphatic rings. The predicted octanol–water partition coefficient (Wildman–Crippen LogP) is 1.47. The van der Waals surface area contributed by atoms with Crippen LogP contribution < -0.4 is 5.73 Å². The predicted molar refractivity (Wildman–Crippen MR) is 56.7 cm³/mol. The maximum absolute atomic E-state index is 13.6. The van der Waals surface area contributed by atoms with Crippen LogP contribution in [0.3, 0.4) is 0 Å². The van der Waals surface area contributed by atoms with Gasteiger partial charge in [0.2, 0.25) is 0 Å². The van der Waals surface area contributed by atoms with Gasteiger partial charge >= 0.3 is 0 Å². The molecule has 2 N–H and O–H groups in total. The maximum Gasteiger partial charge on any atom is 0.173 e. The molecule has 0 bridgehead atoms. The highest BCUT2D eigenvalue weighted by Gasteiger charge is 2.17. The number of hydrogen-bond donors (Lipinski definition) is 1. The average Bonchev–Trinajstić information content (AvgIpc) is 2.66. The van der Waals surface area contributed by atoms with Crippen LogP contribution in [0.1, 0.15) is 18.8 Å². The molecule has 1 aromatic heterocycles. The summed E-state index contributed by atoms with van der Waals surface area (Å²) in [5.41, 5.74) is 5.78. The van der Waals surface area contributed by atoms with E-state index in [-0.39, 0.29) is 10.7 Å². The number of halogens is 2. The molecule has 2 rings (SSSR count). The number of nitrogens with two attached hydrogens (primary N) is 1. The molecule has 0 spiro atoms. The molecule has 0 saturated heterocycles. The minimum absolute atomic E-state index is 0.112. The van der Waals surface area contributed by atoms with Gasteiger partial charge in [0.25, 0.3) is 0 Å². The molecule has 5 nitrogen and oxygen atoms in total. The summed E-state index contributed by atoms with van der Waals surface area (Å²) < 4.78 is 14.8. The van der Waals surface area contributed by atoms with Crippen molar-refractivity contribution in [1.82, 2.24) is 20.2 Å². The van der Waals surface area contributed by atoms with E-state index in [1.54, 1.807) is 13.0 Å². The lowest BCUT2D eigenvalue weighted by Gasteiger charge is -2.09. The molecule has 0 aliphatic heterocycles. The van der Waals surface area contributed by atoms with Crippen LogP contribution in [0.25, 0.3) is 5.69 Å². The Bertz CT molecular complexity index is 490. The number of rotatable bonds is 2. The molecule has 7 heteroatoms. The molecule has 1 atom stereocenters. The molecule has 1 unspecified atom stereocenters. The summed E-state index contributed by atoms with van der Waals surface area (Å²) in [5, 5.41) is 11.1. The van der Waals surface area contributed by atoms with Crippen molar-refractivity contribution in [2.75, 3.05) is 0 Å². The van der Waals surface area contributed by atoms with Gasteiger partial charge in [0.1, 0.15) is 5.69 Å². The zero-order valence-corrected chi connectivity index (χ0v) is 9.19. The minimum atomic E-state index is -0.498. The number of para-hydroxylation sites is 1. The van der Waals surface area contributed by atoms with Crippen LogP contribution in [-0.2, 0) is 0 Å². The lowest BCUT2D eigenvalue weighted by molar-refractivity contribution is 0.595. The number of tetrazole rings is 1. The Hall–Kier alpha value is -1.53. The lowest BCUT2D eigenvalue weighted by Crippen LogP contribution is -2.14. The Morgan fingerprint density at radius 3 is 2.88 bits per heavy atom. The molecule has 84 valence electrons. The second-order valence-electron chi connectivity index (χ2n) is 3.31. The topological polar surface area (TPSA) is 69.6 Å². The summed E-state index contributed by atoms with van der Waals surface area (Å²) in [6, 6.07) is 3.95. The van der Waals surface area contributed by atoms with Crippen molar-refractivity contribution in [3.05, 3.63) is 34.9 Å². The highest BCUT2D eigenvalue weighted by Crippen LogP contribution is 2.24. The van der Waals surface area contributed by atoms with Crippen molar-refractivity contribution in [2.24, 2.45) is 5.73 Å².